The number of carbonyl (C=O) groups is 1. The van der Waals surface area contributed by atoms with Crippen LogP contribution in [0, 0.1) is 0 Å². The van der Waals surface area contributed by atoms with Crippen molar-refractivity contribution in [1.29, 1.82) is 0 Å². The highest BCUT2D eigenvalue weighted by molar-refractivity contribution is 5.91. The molecule has 0 saturated carbocycles. The molecule has 6 nitrogen and oxygen atoms in total. The number of pyridine rings is 2. The van der Waals surface area contributed by atoms with Gasteiger partial charge in [0.1, 0.15) is 5.82 Å². The van der Waals surface area contributed by atoms with Gasteiger partial charge in [-0.25, -0.2) is 0 Å². The maximum Gasteiger partial charge on any atom is 0.224 e. The van der Waals surface area contributed by atoms with Crippen LogP contribution in [0.2, 0.25) is 0 Å². The molecule has 2 aromatic heterocycles. The summed E-state index contributed by atoms with van der Waals surface area (Å²) in [6.07, 6.45) is 9.87. The van der Waals surface area contributed by atoms with Crippen LogP contribution in [0.4, 0.5) is 11.5 Å². The monoisotopic (exact) mass is 464 g/mol. The second kappa shape index (κ2) is 9.81. The van der Waals surface area contributed by atoms with Gasteiger partial charge >= 0.3 is 0 Å². The first kappa shape index (κ1) is 22.3. The van der Waals surface area contributed by atoms with Gasteiger partial charge in [0.25, 0.3) is 0 Å². The van der Waals surface area contributed by atoms with E-state index in [9.17, 15) is 9.59 Å². The summed E-state index contributed by atoms with van der Waals surface area (Å²) in [5.41, 5.74) is 3.99. The van der Waals surface area contributed by atoms with E-state index in [-0.39, 0.29) is 12.8 Å². The minimum atomic E-state index is -0.111. The summed E-state index contributed by atoms with van der Waals surface area (Å²) in [5.74, 6) is 0.597. The van der Waals surface area contributed by atoms with E-state index in [0.717, 1.165) is 35.4 Å². The van der Waals surface area contributed by atoms with E-state index >= 15 is 0 Å². The second-order valence-corrected chi connectivity index (χ2v) is 8.46. The summed E-state index contributed by atoms with van der Waals surface area (Å²) in [6, 6.07) is 23.0. The summed E-state index contributed by atoms with van der Waals surface area (Å²) in [7, 11) is 0. The van der Waals surface area contributed by atoms with Crippen molar-refractivity contribution in [3.8, 4) is 5.69 Å². The molecular weight excluding hydrogens is 436 g/mol. The molecule has 1 aliphatic carbocycles. The molecule has 1 amide bonds. The Morgan fingerprint density at radius 2 is 1.80 bits per heavy atom. The fourth-order valence-corrected chi connectivity index (χ4v) is 4.30. The zero-order chi connectivity index (χ0) is 24.2. The predicted molar refractivity (Wildman–Crippen MR) is 143 cm³/mol. The average molecular weight is 465 g/mol. The van der Waals surface area contributed by atoms with E-state index < -0.39 is 0 Å². The topological polar surface area (TPSA) is 67.2 Å². The van der Waals surface area contributed by atoms with Gasteiger partial charge in [0, 0.05) is 37.7 Å². The van der Waals surface area contributed by atoms with Crippen molar-refractivity contribution < 1.29 is 6.22 Å². The van der Waals surface area contributed by atoms with E-state index in [1.165, 1.54) is 0 Å². The van der Waals surface area contributed by atoms with Crippen LogP contribution in [0.15, 0.2) is 108 Å². The maximum absolute atomic E-state index is 13.1. The number of carbonyl (C=O) groups excluding carboxylic acids is 1. The van der Waals surface area contributed by atoms with Crippen molar-refractivity contribution in [3.05, 3.63) is 119 Å². The highest BCUT2D eigenvalue weighted by Gasteiger charge is 2.16. The smallest absolute Gasteiger partial charge is 0.224 e. The molecule has 1 aliphatic rings. The highest BCUT2D eigenvalue weighted by atomic mass is 16.2. The molecule has 0 unspecified atom stereocenters. The molecule has 4 aromatic rings. The van der Waals surface area contributed by atoms with Crippen LogP contribution in [-0.4, -0.2) is 15.5 Å². The van der Waals surface area contributed by atoms with E-state index in [1.807, 2.05) is 77.4 Å². The second-order valence-electron chi connectivity index (χ2n) is 8.46. The molecule has 2 aromatic carbocycles. The Balaban J connectivity index is 0.00000304. The quantitative estimate of drug-likeness (QED) is 0.390. The lowest BCUT2D eigenvalue weighted by Crippen LogP contribution is -2.28. The number of aromatic nitrogens is 2. The van der Waals surface area contributed by atoms with Crippen molar-refractivity contribution >= 4 is 28.3 Å². The molecular formula is C29H28N4O2. The van der Waals surface area contributed by atoms with E-state index in [2.05, 4.69) is 22.5 Å². The number of nitrogens with zero attached hydrogens (tertiary/aromatic N) is 3. The molecule has 0 saturated heterocycles. The third-order valence-electron chi connectivity index (χ3n) is 6.00. The predicted octanol–water partition coefficient (Wildman–Crippen LogP) is 5.83. The first-order valence-electron chi connectivity index (χ1n) is 11.7. The molecule has 0 spiro atoms. The number of benzene rings is 2. The third kappa shape index (κ3) is 4.77. The van der Waals surface area contributed by atoms with Crippen molar-refractivity contribution in [2.75, 3.05) is 10.2 Å². The van der Waals surface area contributed by atoms with E-state index in [1.54, 1.807) is 24.1 Å². The Morgan fingerprint density at radius 1 is 1.06 bits per heavy atom. The molecule has 1 N–H and O–H groups in total. The SMILES string of the molecule is CC(=O)N(Cc1cc2c(cn1)c(=O)cc(NC1=CCCC=C1)n2-c1ccccc1)c1ccccc1.[HH]. The summed E-state index contributed by atoms with van der Waals surface area (Å²) in [4.78, 5) is 31.8. The Bertz CT molecular complexity index is 1490. The molecule has 0 fully saturated rings. The largest absolute Gasteiger partial charge is 0.342 e. The lowest BCUT2D eigenvalue weighted by molar-refractivity contribution is -0.116. The zero-order valence-electron chi connectivity index (χ0n) is 19.5. The van der Waals surface area contributed by atoms with Gasteiger partial charge in [-0.15, -0.1) is 0 Å². The number of hydrogen-bond acceptors (Lipinski definition) is 4. The minimum absolute atomic E-state index is 0. The molecule has 6 heteroatoms. The fraction of sp³-hybridized carbons (Fsp3) is 0.138. The summed E-state index contributed by atoms with van der Waals surface area (Å²) >= 11 is 0. The highest BCUT2D eigenvalue weighted by Crippen LogP contribution is 2.26. The van der Waals surface area contributed by atoms with Crippen LogP contribution < -0.4 is 15.6 Å². The Labute approximate surface area is 205 Å². The van der Waals surface area contributed by atoms with Gasteiger partial charge in [-0.2, -0.15) is 0 Å². The molecule has 0 atom stereocenters. The molecule has 5 rings (SSSR count). The number of hydrogen-bond donors (Lipinski definition) is 1. The van der Waals surface area contributed by atoms with Crippen LogP contribution >= 0.6 is 0 Å². The first-order chi connectivity index (χ1) is 17.1. The van der Waals surface area contributed by atoms with Crippen molar-refractivity contribution in [1.82, 2.24) is 9.55 Å². The fourth-order valence-electron chi connectivity index (χ4n) is 4.30. The Hall–Kier alpha value is -4.45. The van der Waals surface area contributed by atoms with Gasteiger partial charge < -0.3 is 10.2 Å². The number of rotatable bonds is 6. The standard InChI is InChI=1S/C29H26N4O2.H2/c1-21(34)32(24-13-7-3-8-14-24)20-23-17-27-26(19-30-23)28(35)18-29(31-22-11-5-2-6-12-22)33(27)25-15-9-4-10-16-25;/h3-5,7-19,31H,2,6,20H2,1H3;1H. The third-order valence-corrected chi connectivity index (χ3v) is 6.00. The summed E-state index contributed by atoms with van der Waals surface area (Å²) in [5, 5.41) is 3.96. The van der Waals surface area contributed by atoms with Crippen LogP contribution in [-0.2, 0) is 11.3 Å². The first-order valence-corrected chi connectivity index (χ1v) is 11.7. The Morgan fingerprint density at radius 3 is 2.49 bits per heavy atom. The number of amides is 1. The maximum atomic E-state index is 13.1. The molecule has 35 heavy (non-hydrogen) atoms. The summed E-state index contributed by atoms with van der Waals surface area (Å²) in [6.45, 7) is 1.84. The van der Waals surface area contributed by atoms with Crippen molar-refractivity contribution in [3.63, 3.8) is 0 Å². The van der Waals surface area contributed by atoms with Gasteiger partial charge in [-0.1, -0.05) is 48.6 Å². The van der Waals surface area contributed by atoms with Gasteiger partial charge in [0.05, 0.1) is 23.1 Å². The van der Waals surface area contributed by atoms with Crippen molar-refractivity contribution in [2.45, 2.75) is 26.3 Å². The lowest BCUT2D eigenvalue weighted by atomic mass is 10.1. The normalized spacial score (nSPS) is 12.9. The van der Waals surface area contributed by atoms with Gasteiger partial charge in [0.2, 0.25) is 5.91 Å². The number of nitrogens with one attached hydrogen (secondary N) is 1. The van der Waals surface area contributed by atoms with Crippen LogP contribution in [0.1, 0.15) is 26.9 Å². The van der Waals surface area contributed by atoms with E-state index in [4.69, 9.17) is 0 Å². The van der Waals surface area contributed by atoms with Gasteiger partial charge in [-0.3, -0.25) is 19.1 Å². The number of anilines is 2. The van der Waals surface area contributed by atoms with Crippen LogP contribution in [0.5, 0.6) is 0 Å². The number of fused-ring (bicyclic) bond motifs is 1. The number of para-hydroxylation sites is 2. The minimum Gasteiger partial charge on any atom is -0.342 e. The average Bonchev–Trinajstić information content (AvgIpc) is 2.89. The Kier molecular flexibility index (Phi) is 6.26. The number of allylic oxidation sites excluding steroid dienone is 3. The molecule has 2 heterocycles. The zero-order valence-corrected chi connectivity index (χ0v) is 19.5. The van der Waals surface area contributed by atoms with Crippen molar-refractivity contribution in [2.24, 2.45) is 0 Å². The molecule has 0 bridgehead atoms. The molecule has 176 valence electrons. The summed E-state index contributed by atoms with van der Waals surface area (Å²) < 4.78 is 2.03. The van der Waals surface area contributed by atoms with E-state index in [0.29, 0.717) is 23.4 Å². The molecule has 0 aliphatic heterocycles. The van der Waals surface area contributed by atoms with Gasteiger partial charge in [0.15, 0.2) is 5.43 Å². The van der Waals surface area contributed by atoms with Crippen LogP contribution in [0.3, 0.4) is 0 Å². The van der Waals surface area contributed by atoms with Gasteiger partial charge in [-0.05, 0) is 49.2 Å². The lowest BCUT2D eigenvalue weighted by Gasteiger charge is -2.22. The van der Waals surface area contributed by atoms with Crippen LogP contribution in [0.25, 0.3) is 16.6 Å². The molecule has 0 radical (unpaired) electrons.